The van der Waals surface area contributed by atoms with Crippen molar-refractivity contribution in [3.63, 3.8) is 0 Å². The van der Waals surface area contributed by atoms with E-state index in [2.05, 4.69) is 17.4 Å². The van der Waals surface area contributed by atoms with Crippen LogP contribution in [0.2, 0.25) is 0 Å². The van der Waals surface area contributed by atoms with Crippen LogP contribution < -0.4 is 10.1 Å². The second-order valence-corrected chi connectivity index (χ2v) is 3.04. The molecular weight excluding hydrogens is 186 g/mol. The number of para-hydroxylation sites is 1. The van der Waals surface area contributed by atoms with Crippen molar-refractivity contribution < 1.29 is 4.74 Å². The Labute approximate surface area is 84.7 Å². The van der Waals surface area contributed by atoms with Gasteiger partial charge in [0, 0.05) is 11.6 Å². The molecule has 13 heavy (non-hydrogen) atoms. The Morgan fingerprint density at radius 3 is 2.62 bits per heavy atom. The van der Waals surface area contributed by atoms with Gasteiger partial charge in [0.15, 0.2) is 0 Å². The zero-order chi connectivity index (χ0) is 8.39. The lowest BCUT2D eigenvalue weighted by Gasteiger charge is -2.29. The fraction of sp³-hybridized carbons (Fsp3) is 0.400. The average Bonchev–Trinajstić information content (AvgIpc) is 2.02. The first-order valence-electron chi connectivity index (χ1n) is 4.28. The first-order valence-corrected chi connectivity index (χ1v) is 4.28. The molecule has 0 amide bonds. The second kappa shape index (κ2) is 4.49. The minimum atomic E-state index is 0. The summed E-state index contributed by atoms with van der Waals surface area (Å²) in [6.07, 6.45) is 1.22. The molecule has 2 nitrogen and oxygen atoms in total. The predicted molar refractivity (Wildman–Crippen MR) is 55.6 cm³/mol. The number of halogens is 1. The van der Waals surface area contributed by atoms with E-state index in [4.69, 9.17) is 4.74 Å². The zero-order valence-electron chi connectivity index (χ0n) is 7.62. The van der Waals surface area contributed by atoms with Gasteiger partial charge >= 0.3 is 0 Å². The first-order chi connectivity index (χ1) is 5.92. The maximum absolute atomic E-state index is 5.26. The van der Waals surface area contributed by atoms with Crippen molar-refractivity contribution in [1.82, 2.24) is 5.32 Å². The number of methoxy groups -OCH3 is 1. The molecule has 0 radical (unpaired) electrons. The first kappa shape index (κ1) is 10.4. The molecule has 3 heteroatoms. The van der Waals surface area contributed by atoms with Gasteiger partial charge in [0.05, 0.1) is 7.11 Å². The van der Waals surface area contributed by atoms with Gasteiger partial charge in [-0.05, 0) is 19.0 Å². The van der Waals surface area contributed by atoms with E-state index in [1.807, 2.05) is 12.1 Å². The van der Waals surface area contributed by atoms with E-state index in [1.54, 1.807) is 7.11 Å². The van der Waals surface area contributed by atoms with Gasteiger partial charge in [0.2, 0.25) is 0 Å². The van der Waals surface area contributed by atoms with Crippen molar-refractivity contribution in [3.05, 3.63) is 29.8 Å². The minimum absolute atomic E-state index is 0. The summed E-state index contributed by atoms with van der Waals surface area (Å²) in [7, 11) is 1.72. The van der Waals surface area contributed by atoms with E-state index >= 15 is 0 Å². The number of ether oxygens (including phenoxy) is 1. The van der Waals surface area contributed by atoms with Gasteiger partial charge < -0.3 is 10.1 Å². The molecule has 0 aromatic heterocycles. The predicted octanol–water partition coefficient (Wildman–Crippen LogP) is 2.15. The molecule has 0 spiro atoms. The Hall–Kier alpha value is -0.730. The number of rotatable bonds is 2. The summed E-state index contributed by atoms with van der Waals surface area (Å²) in [4.78, 5) is 0. The molecule has 1 aromatic carbocycles. The number of hydrogen-bond donors (Lipinski definition) is 1. The molecule has 1 N–H and O–H groups in total. The molecule has 1 aliphatic heterocycles. The molecule has 1 aromatic rings. The van der Waals surface area contributed by atoms with Crippen molar-refractivity contribution in [2.24, 2.45) is 0 Å². The van der Waals surface area contributed by atoms with Gasteiger partial charge in [-0.15, -0.1) is 12.4 Å². The molecule has 72 valence electrons. The van der Waals surface area contributed by atoms with Crippen LogP contribution in [0.1, 0.15) is 18.0 Å². The van der Waals surface area contributed by atoms with Crippen LogP contribution in [0.5, 0.6) is 5.75 Å². The van der Waals surface area contributed by atoms with Crippen LogP contribution in [0.25, 0.3) is 0 Å². The maximum Gasteiger partial charge on any atom is 0.123 e. The van der Waals surface area contributed by atoms with E-state index in [0.29, 0.717) is 6.04 Å². The molecule has 0 bridgehead atoms. The molecule has 1 aliphatic rings. The topological polar surface area (TPSA) is 21.3 Å². The van der Waals surface area contributed by atoms with E-state index in [1.165, 1.54) is 12.0 Å². The molecule has 2 rings (SSSR count). The highest BCUT2D eigenvalue weighted by molar-refractivity contribution is 5.85. The molecule has 1 heterocycles. The third kappa shape index (κ3) is 1.95. The average molecular weight is 200 g/mol. The third-order valence-electron chi connectivity index (χ3n) is 2.34. The summed E-state index contributed by atoms with van der Waals surface area (Å²) in [5.74, 6) is 0.995. The van der Waals surface area contributed by atoms with Gasteiger partial charge in [0.1, 0.15) is 5.75 Å². The van der Waals surface area contributed by atoms with Crippen molar-refractivity contribution in [2.45, 2.75) is 12.5 Å². The number of nitrogens with one attached hydrogen (secondary N) is 1. The quantitative estimate of drug-likeness (QED) is 0.788. The van der Waals surface area contributed by atoms with Crippen molar-refractivity contribution in [2.75, 3.05) is 13.7 Å². The Morgan fingerprint density at radius 2 is 2.08 bits per heavy atom. The summed E-state index contributed by atoms with van der Waals surface area (Å²) in [5, 5.41) is 3.36. The highest BCUT2D eigenvalue weighted by Crippen LogP contribution is 2.30. The van der Waals surface area contributed by atoms with Gasteiger partial charge in [0.25, 0.3) is 0 Å². The summed E-state index contributed by atoms with van der Waals surface area (Å²) < 4.78 is 5.26. The Kier molecular flexibility index (Phi) is 3.58. The fourth-order valence-electron chi connectivity index (χ4n) is 1.51. The van der Waals surface area contributed by atoms with Crippen LogP contribution in [-0.2, 0) is 0 Å². The van der Waals surface area contributed by atoms with Gasteiger partial charge in [-0.25, -0.2) is 0 Å². The summed E-state index contributed by atoms with van der Waals surface area (Å²) in [5.41, 5.74) is 1.28. The van der Waals surface area contributed by atoms with E-state index < -0.39 is 0 Å². The number of hydrogen-bond acceptors (Lipinski definition) is 2. The highest BCUT2D eigenvalue weighted by atomic mass is 35.5. The van der Waals surface area contributed by atoms with Crippen LogP contribution in [0.3, 0.4) is 0 Å². The zero-order valence-corrected chi connectivity index (χ0v) is 8.43. The molecule has 0 aliphatic carbocycles. The van der Waals surface area contributed by atoms with Crippen LogP contribution in [0, 0.1) is 0 Å². The Balaban J connectivity index is 0.000000845. The normalized spacial score (nSPS) is 19.9. The monoisotopic (exact) mass is 199 g/mol. The Bertz CT molecular complexity index is 273. The summed E-state index contributed by atoms with van der Waals surface area (Å²) in [6.45, 7) is 1.13. The van der Waals surface area contributed by atoms with E-state index in [9.17, 15) is 0 Å². The van der Waals surface area contributed by atoms with Gasteiger partial charge in [-0.3, -0.25) is 0 Å². The molecule has 1 atom stereocenters. The van der Waals surface area contributed by atoms with Crippen molar-refractivity contribution in [1.29, 1.82) is 0 Å². The van der Waals surface area contributed by atoms with Crippen molar-refractivity contribution >= 4 is 12.4 Å². The molecular formula is C10H14ClNO. The molecule has 1 fully saturated rings. The van der Waals surface area contributed by atoms with E-state index in [-0.39, 0.29) is 12.4 Å². The van der Waals surface area contributed by atoms with Crippen LogP contribution in [0.15, 0.2) is 24.3 Å². The molecule has 0 saturated carbocycles. The largest absolute Gasteiger partial charge is 0.496 e. The van der Waals surface area contributed by atoms with Gasteiger partial charge in [-0.2, -0.15) is 0 Å². The van der Waals surface area contributed by atoms with E-state index in [0.717, 1.165) is 12.3 Å². The van der Waals surface area contributed by atoms with Crippen LogP contribution in [-0.4, -0.2) is 13.7 Å². The lowest BCUT2D eigenvalue weighted by Crippen LogP contribution is -2.35. The van der Waals surface area contributed by atoms with Crippen LogP contribution >= 0.6 is 12.4 Å². The molecule has 0 unspecified atom stereocenters. The lowest BCUT2D eigenvalue weighted by molar-refractivity contribution is 0.353. The lowest BCUT2D eigenvalue weighted by atomic mass is 9.97. The van der Waals surface area contributed by atoms with Gasteiger partial charge in [-0.1, -0.05) is 18.2 Å². The number of benzene rings is 1. The smallest absolute Gasteiger partial charge is 0.123 e. The third-order valence-corrected chi connectivity index (χ3v) is 2.34. The Morgan fingerprint density at radius 1 is 1.38 bits per heavy atom. The minimum Gasteiger partial charge on any atom is -0.496 e. The summed E-state index contributed by atoms with van der Waals surface area (Å²) in [6, 6.07) is 8.70. The maximum atomic E-state index is 5.26. The standard InChI is InChI=1S/C10H13NO.ClH/c1-12-10-5-3-2-4-8(10)9-6-7-11-9;/h2-5,9,11H,6-7H2,1H3;1H/t9-;/m0./s1. The fourth-order valence-corrected chi connectivity index (χ4v) is 1.51. The molecule has 1 saturated heterocycles. The van der Waals surface area contributed by atoms with Crippen molar-refractivity contribution in [3.8, 4) is 5.75 Å². The SMILES string of the molecule is COc1ccccc1[C@@H]1CCN1.Cl. The van der Waals surface area contributed by atoms with Crippen LogP contribution in [0.4, 0.5) is 0 Å². The summed E-state index contributed by atoms with van der Waals surface area (Å²) >= 11 is 0. The highest BCUT2D eigenvalue weighted by Gasteiger charge is 2.20. The second-order valence-electron chi connectivity index (χ2n) is 3.04.